The highest BCUT2D eigenvalue weighted by molar-refractivity contribution is 7.80. The fourth-order valence-corrected chi connectivity index (χ4v) is 2.35. The fourth-order valence-electron chi connectivity index (χ4n) is 2.23. The predicted molar refractivity (Wildman–Crippen MR) is 76.4 cm³/mol. The second kappa shape index (κ2) is 6.25. The molecule has 1 aromatic rings. The van der Waals surface area contributed by atoms with Crippen molar-refractivity contribution in [3.63, 3.8) is 0 Å². The van der Waals surface area contributed by atoms with Crippen molar-refractivity contribution in [3.8, 4) is 0 Å². The van der Waals surface area contributed by atoms with Crippen molar-refractivity contribution >= 4 is 22.9 Å². The van der Waals surface area contributed by atoms with Gasteiger partial charge >= 0.3 is 0 Å². The summed E-state index contributed by atoms with van der Waals surface area (Å²) >= 11 is 4.70. The van der Waals surface area contributed by atoms with Gasteiger partial charge in [0.2, 0.25) is 0 Å². The van der Waals surface area contributed by atoms with Crippen molar-refractivity contribution in [1.82, 2.24) is 4.90 Å². The maximum atomic E-state index is 13.7. The van der Waals surface area contributed by atoms with Crippen molar-refractivity contribution in [2.75, 3.05) is 31.5 Å². The van der Waals surface area contributed by atoms with Gasteiger partial charge in [-0.1, -0.05) is 12.2 Å². The molecule has 3 N–H and O–H groups in total. The lowest BCUT2D eigenvalue weighted by atomic mass is 10.2. The van der Waals surface area contributed by atoms with E-state index >= 15 is 0 Å². The summed E-state index contributed by atoms with van der Waals surface area (Å²) in [4.78, 5) is 2.26. The quantitative estimate of drug-likeness (QED) is 0.813. The number of hydrogen-bond acceptors (Lipinski definition) is 3. The molecule has 0 radical (unpaired) electrons. The van der Waals surface area contributed by atoms with Crippen LogP contribution in [0.5, 0.6) is 0 Å². The molecule has 1 aliphatic rings. The molecule has 0 aliphatic carbocycles. The molecule has 0 aromatic heterocycles. The smallest absolute Gasteiger partial charge is 0.150 e. The fraction of sp³-hybridized carbons (Fsp3) is 0.462. The number of rotatable bonds is 5. The summed E-state index contributed by atoms with van der Waals surface area (Å²) in [6.45, 7) is 3.43. The number of nitrogens with zero attached hydrogens (tertiary/aromatic N) is 1. The van der Waals surface area contributed by atoms with Gasteiger partial charge in [0.15, 0.2) is 0 Å². The van der Waals surface area contributed by atoms with Gasteiger partial charge < -0.3 is 16.0 Å². The topological polar surface area (TPSA) is 41.3 Å². The Labute approximate surface area is 116 Å². The second-order valence-electron chi connectivity index (χ2n) is 4.65. The molecule has 1 fully saturated rings. The molecule has 3 nitrogen and oxygen atoms in total. The minimum absolute atomic E-state index is 0.0126. The number of hydrogen-bond donors (Lipinski definition) is 2. The predicted octanol–water partition coefficient (Wildman–Crippen LogP) is 2.11. The van der Waals surface area contributed by atoms with Gasteiger partial charge in [-0.3, -0.25) is 0 Å². The normalized spacial score (nSPS) is 15.7. The van der Waals surface area contributed by atoms with Crippen LogP contribution in [0.3, 0.4) is 0 Å². The van der Waals surface area contributed by atoms with Gasteiger partial charge in [0.05, 0.1) is 0 Å². The van der Waals surface area contributed by atoms with Gasteiger partial charge in [0, 0.05) is 18.7 Å². The molecule has 0 saturated carbocycles. The number of anilines is 1. The zero-order valence-electron chi connectivity index (χ0n) is 10.6. The molecular weight excluding hydrogens is 268 g/mol. The maximum absolute atomic E-state index is 13.7. The summed E-state index contributed by atoms with van der Waals surface area (Å²) in [5.41, 5.74) is 5.45. The van der Waals surface area contributed by atoms with Crippen LogP contribution in [0, 0.1) is 11.6 Å². The Morgan fingerprint density at radius 2 is 1.84 bits per heavy atom. The third kappa shape index (κ3) is 3.61. The van der Waals surface area contributed by atoms with E-state index in [1.165, 1.54) is 12.8 Å². The van der Waals surface area contributed by atoms with Crippen LogP contribution in [-0.2, 0) is 0 Å². The molecule has 1 aromatic carbocycles. The minimum Gasteiger partial charge on any atom is -0.389 e. The van der Waals surface area contributed by atoms with Gasteiger partial charge in [-0.05, 0) is 38.1 Å². The minimum atomic E-state index is -0.663. The SMILES string of the molecule is NC(=S)c1cc(F)c(NCCN2CCCC2)c(F)c1. The van der Waals surface area contributed by atoms with Crippen LogP contribution in [0.4, 0.5) is 14.5 Å². The third-order valence-electron chi connectivity index (χ3n) is 3.26. The number of halogens is 2. The largest absolute Gasteiger partial charge is 0.389 e. The van der Waals surface area contributed by atoms with Crippen molar-refractivity contribution in [3.05, 3.63) is 29.3 Å². The number of likely N-dealkylation sites (tertiary alicyclic amines) is 1. The van der Waals surface area contributed by atoms with Gasteiger partial charge in [-0.2, -0.15) is 0 Å². The Bertz CT molecular complexity index is 450. The summed E-state index contributed by atoms with van der Waals surface area (Å²) in [6.07, 6.45) is 2.40. The van der Waals surface area contributed by atoms with E-state index in [1.54, 1.807) is 0 Å². The van der Waals surface area contributed by atoms with E-state index < -0.39 is 11.6 Å². The number of nitrogens with two attached hydrogens (primary N) is 1. The van der Waals surface area contributed by atoms with Crippen LogP contribution in [0.2, 0.25) is 0 Å². The highest BCUT2D eigenvalue weighted by atomic mass is 32.1. The van der Waals surface area contributed by atoms with Crippen LogP contribution in [0.25, 0.3) is 0 Å². The standard InChI is InChI=1S/C13H17F2N3S/c14-10-7-9(13(16)19)8-11(15)12(10)17-3-6-18-4-1-2-5-18/h7-8,17H,1-6H2,(H2,16,19). The first-order valence-electron chi connectivity index (χ1n) is 6.33. The second-order valence-corrected chi connectivity index (χ2v) is 5.09. The van der Waals surface area contributed by atoms with Crippen molar-refractivity contribution in [1.29, 1.82) is 0 Å². The molecule has 1 heterocycles. The van der Waals surface area contributed by atoms with E-state index in [2.05, 4.69) is 10.2 Å². The zero-order valence-corrected chi connectivity index (χ0v) is 11.4. The van der Waals surface area contributed by atoms with E-state index in [0.717, 1.165) is 31.8 Å². The van der Waals surface area contributed by atoms with Crippen LogP contribution in [0.15, 0.2) is 12.1 Å². The molecule has 0 atom stereocenters. The molecule has 2 rings (SSSR count). The average molecular weight is 285 g/mol. The number of nitrogens with one attached hydrogen (secondary N) is 1. The summed E-state index contributed by atoms with van der Waals surface area (Å²) < 4.78 is 27.5. The molecule has 0 spiro atoms. The van der Waals surface area contributed by atoms with Gasteiger partial charge in [0.1, 0.15) is 22.3 Å². The lowest BCUT2D eigenvalue weighted by molar-refractivity contribution is 0.352. The van der Waals surface area contributed by atoms with E-state index in [0.29, 0.717) is 6.54 Å². The van der Waals surface area contributed by atoms with Gasteiger partial charge in [-0.25, -0.2) is 8.78 Å². The Hall–Kier alpha value is -1.27. The molecule has 104 valence electrons. The molecule has 1 aliphatic heterocycles. The Morgan fingerprint density at radius 1 is 1.26 bits per heavy atom. The molecule has 1 saturated heterocycles. The molecular formula is C13H17F2N3S. The van der Waals surface area contributed by atoms with Gasteiger partial charge in [-0.15, -0.1) is 0 Å². The lowest BCUT2D eigenvalue weighted by Crippen LogP contribution is -2.26. The Kier molecular flexibility index (Phi) is 4.66. The summed E-state index contributed by atoms with van der Waals surface area (Å²) in [5.74, 6) is -1.33. The maximum Gasteiger partial charge on any atom is 0.150 e. The zero-order chi connectivity index (χ0) is 13.8. The van der Waals surface area contributed by atoms with Crippen molar-refractivity contribution in [2.24, 2.45) is 5.73 Å². The summed E-state index contributed by atoms with van der Waals surface area (Å²) in [5, 5.41) is 2.80. The first kappa shape index (κ1) is 14.1. The highest BCUT2D eigenvalue weighted by Crippen LogP contribution is 2.20. The molecule has 0 bridgehead atoms. The molecule has 0 unspecified atom stereocenters. The number of thiocarbonyl (C=S) groups is 1. The number of benzene rings is 1. The highest BCUT2D eigenvalue weighted by Gasteiger charge is 2.14. The molecule has 19 heavy (non-hydrogen) atoms. The van der Waals surface area contributed by atoms with E-state index in [9.17, 15) is 8.78 Å². The Balaban J connectivity index is 1.97. The van der Waals surface area contributed by atoms with E-state index in [1.807, 2.05) is 0 Å². The Morgan fingerprint density at radius 3 is 2.37 bits per heavy atom. The summed E-state index contributed by atoms with van der Waals surface area (Å²) in [6, 6.07) is 2.31. The first-order chi connectivity index (χ1) is 9.08. The van der Waals surface area contributed by atoms with E-state index in [-0.39, 0.29) is 16.2 Å². The van der Waals surface area contributed by atoms with E-state index in [4.69, 9.17) is 18.0 Å². The van der Waals surface area contributed by atoms with Crippen LogP contribution >= 0.6 is 12.2 Å². The average Bonchev–Trinajstić information content (AvgIpc) is 2.85. The van der Waals surface area contributed by atoms with Crippen molar-refractivity contribution < 1.29 is 8.78 Å². The molecule has 0 amide bonds. The van der Waals surface area contributed by atoms with Crippen LogP contribution in [-0.4, -0.2) is 36.1 Å². The van der Waals surface area contributed by atoms with Crippen molar-refractivity contribution in [2.45, 2.75) is 12.8 Å². The van der Waals surface area contributed by atoms with Crippen LogP contribution < -0.4 is 11.1 Å². The third-order valence-corrected chi connectivity index (χ3v) is 3.49. The monoisotopic (exact) mass is 285 g/mol. The first-order valence-corrected chi connectivity index (χ1v) is 6.74. The summed E-state index contributed by atoms with van der Waals surface area (Å²) in [7, 11) is 0. The van der Waals surface area contributed by atoms with Gasteiger partial charge in [0.25, 0.3) is 0 Å². The lowest BCUT2D eigenvalue weighted by Gasteiger charge is -2.16. The van der Waals surface area contributed by atoms with Crippen LogP contribution in [0.1, 0.15) is 18.4 Å². The molecule has 6 heteroatoms.